The quantitative estimate of drug-likeness (QED) is 0.369. The summed E-state index contributed by atoms with van der Waals surface area (Å²) in [5.74, 6) is 5.16. The molecule has 1 aliphatic heterocycles. The molecule has 0 aromatic carbocycles. The number of hydrazine groups is 2. The SMILES string of the molecule is NNN1C=NCCCC1. The highest BCUT2D eigenvalue weighted by Gasteiger charge is 1.98. The number of nitrogens with zero attached hydrogens (tertiary/aromatic N) is 2. The maximum absolute atomic E-state index is 5.16. The molecule has 0 aromatic rings. The summed E-state index contributed by atoms with van der Waals surface area (Å²) in [6, 6.07) is 0. The Morgan fingerprint density at radius 3 is 3.22 bits per heavy atom. The van der Waals surface area contributed by atoms with E-state index in [-0.39, 0.29) is 0 Å². The van der Waals surface area contributed by atoms with E-state index in [9.17, 15) is 0 Å². The summed E-state index contributed by atoms with van der Waals surface area (Å²) in [4.78, 5) is 4.08. The van der Waals surface area contributed by atoms with E-state index in [0.29, 0.717) is 0 Å². The number of hydrogen-bond acceptors (Lipinski definition) is 4. The maximum Gasteiger partial charge on any atom is 0.100 e. The first-order valence-corrected chi connectivity index (χ1v) is 3.16. The van der Waals surface area contributed by atoms with Crippen LogP contribution in [0.5, 0.6) is 0 Å². The van der Waals surface area contributed by atoms with Crippen molar-refractivity contribution in [2.45, 2.75) is 12.8 Å². The van der Waals surface area contributed by atoms with Gasteiger partial charge < -0.3 is 0 Å². The zero-order valence-electron chi connectivity index (χ0n) is 5.38. The Morgan fingerprint density at radius 1 is 1.56 bits per heavy atom. The zero-order valence-corrected chi connectivity index (χ0v) is 5.38. The van der Waals surface area contributed by atoms with Gasteiger partial charge in [-0.1, -0.05) is 0 Å². The van der Waals surface area contributed by atoms with Gasteiger partial charge in [-0.05, 0) is 12.8 Å². The van der Waals surface area contributed by atoms with Gasteiger partial charge in [0, 0.05) is 13.1 Å². The lowest BCUT2D eigenvalue weighted by atomic mass is 10.3. The molecule has 52 valence electrons. The van der Waals surface area contributed by atoms with Crippen LogP contribution in [0.4, 0.5) is 0 Å². The number of rotatable bonds is 1. The first-order valence-electron chi connectivity index (χ1n) is 3.16. The molecule has 0 fully saturated rings. The van der Waals surface area contributed by atoms with Crippen LogP contribution in [0.3, 0.4) is 0 Å². The molecule has 0 saturated heterocycles. The Kier molecular flexibility index (Phi) is 2.48. The van der Waals surface area contributed by atoms with Crippen LogP contribution < -0.4 is 11.4 Å². The van der Waals surface area contributed by atoms with Crippen LogP contribution in [-0.4, -0.2) is 24.4 Å². The normalized spacial score (nSPS) is 19.9. The predicted molar refractivity (Wildman–Crippen MR) is 36.6 cm³/mol. The van der Waals surface area contributed by atoms with Crippen molar-refractivity contribution in [3.8, 4) is 0 Å². The van der Waals surface area contributed by atoms with Gasteiger partial charge in [-0.3, -0.25) is 15.8 Å². The largest absolute Gasteiger partial charge is 0.285 e. The molecule has 0 bridgehead atoms. The summed E-state index contributed by atoms with van der Waals surface area (Å²) in [5, 5.41) is 1.78. The molecule has 4 heteroatoms. The maximum atomic E-state index is 5.16. The Bertz CT molecular complexity index is 101. The summed E-state index contributed by atoms with van der Waals surface area (Å²) >= 11 is 0. The second-order valence-electron chi connectivity index (χ2n) is 2.05. The van der Waals surface area contributed by atoms with Crippen LogP contribution in [0.2, 0.25) is 0 Å². The smallest absolute Gasteiger partial charge is 0.100 e. The van der Waals surface area contributed by atoms with E-state index in [4.69, 9.17) is 5.84 Å². The van der Waals surface area contributed by atoms with Crippen LogP contribution in [0.25, 0.3) is 0 Å². The van der Waals surface area contributed by atoms with Gasteiger partial charge in [-0.15, -0.1) is 0 Å². The molecule has 1 heterocycles. The van der Waals surface area contributed by atoms with Gasteiger partial charge in [0.25, 0.3) is 0 Å². The Hall–Kier alpha value is -0.610. The van der Waals surface area contributed by atoms with Gasteiger partial charge in [-0.2, -0.15) is 5.53 Å². The van der Waals surface area contributed by atoms with E-state index in [0.717, 1.165) is 25.9 Å². The van der Waals surface area contributed by atoms with E-state index in [1.54, 1.807) is 11.3 Å². The molecule has 0 radical (unpaired) electrons. The van der Waals surface area contributed by atoms with E-state index >= 15 is 0 Å². The van der Waals surface area contributed by atoms with Gasteiger partial charge in [0.1, 0.15) is 6.34 Å². The van der Waals surface area contributed by atoms with Crippen molar-refractivity contribution < 1.29 is 0 Å². The lowest BCUT2D eigenvalue weighted by molar-refractivity contribution is 0.323. The van der Waals surface area contributed by atoms with E-state index in [1.165, 1.54) is 0 Å². The van der Waals surface area contributed by atoms with Gasteiger partial charge in [0.15, 0.2) is 0 Å². The Labute approximate surface area is 54.7 Å². The molecule has 0 aromatic heterocycles. The lowest BCUT2D eigenvalue weighted by Gasteiger charge is -2.13. The van der Waals surface area contributed by atoms with Crippen molar-refractivity contribution in [2.75, 3.05) is 13.1 Å². The fourth-order valence-corrected chi connectivity index (χ4v) is 0.797. The minimum absolute atomic E-state index is 0.929. The molecule has 0 atom stereocenters. The number of hydrogen-bond donors (Lipinski definition) is 2. The predicted octanol–water partition coefficient (Wildman–Crippen LogP) is -0.511. The molecule has 0 saturated carbocycles. The Balaban J connectivity index is 2.33. The summed E-state index contributed by atoms with van der Waals surface area (Å²) in [6.07, 6.45) is 4.06. The molecule has 0 amide bonds. The summed E-state index contributed by atoms with van der Waals surface area (Å²) in [6.45, 7) is 1.89. The van der Waals surface area contributed by atoms with E-state index in [2.05, 4.69) is 10.5 Å². The average molecular weight is 128 g/mol. The second kappa shape index (κ2) is 3.42. The number of nitrogens with one attached hydrogen (secondary N) is 1. The first-order chi connectivity index (χ1) is 4.43. The summed E-state index contributed by atoms with van der Waals surface area (Å²) < 4.78 is 0. The monoisotopic (exact) mass is 128 g/mol. The molecule has 0 aliphatic carbocycles. The molecule has 0 spiro atoms. The Morgan fingerprint density at radius 2 is 2.44 bits per heavy atom. The topological polar surface area (TPSA) is 53.6 Å². The van der Waals surface area contributed by atoms with Gasteiger partial charge >= 0.3 is 0 Å². The third-order valence-electron chi connectivity index (χ3n) is 1.32. The molecular formula is C5H12N4. The van der Waals surface area contributed by atoms with Crippen LogP contribution >= 0.6 is 0 Å². The molecule has 0 unspecified atom stereocenters. The molecule has 3 N–H and O–H groups in total. The molecular weight excluding hydrogens is 116 g/mol. The van der Waals surface area contributed by atoms with Crippen molar-refractivity contribution in [2.24, 2.45) is 10.8 Å². The molecule has 4 nitrogen and oxygen atoms in total. The standard InChI is InChI=1S/C5H12N4/c6-8-9-4-2-1-3-7-5-9/h5,8H,1-4,6H2. The van der Waals surface area contributed by atoms with Crippen molar-refractivity contribution in [1.82, 2.24) is 10.5 Å². The van der Waals surface area contributed by atoms with Gasteiger partial charge in [0.2, 0.25) is 0 Å². The van der Waals surface area contributed by atoms with Crippen LogP contribution in [-0.2, 0) is 0 Å². The first kappa shape index (κ1) is 6.51. The minimum Gasteiger partial charge on any atom is -0.285 e. The third kappa shape index (κ3) is 1.99. The molecule has 1 aliphatic rings. The van der Waals surface area contributed by atoms with Crippen molar-refractivity contribution in [3.63, 3.8) is 0 Å². The summed E-state index contributed by atoms with van der Waals surface area (Å²) in [5.41, 5.74) is 2.53. The van der Waals surface area contributed by atoms with Crippen LogP contribution in [0.1, 0.15) is 12.8 Å². The molecule has 9 heavy (non-hydrogen) atoms. The van der Waals surface area contributed by atoms with Crippen LogP contribution in [0.15, 0.2) is 4.99 Å². The van der Waals surface area contributed by atoms with Crippen molar-refractivity contribution >= 4 is 6.34 Å². The average Bonchev–Trinajstić information content (AvgIpc) is 2.13. The molecule has 1 rings (SSSR count). The van der Waals surface area contributed by atoms with Gasteiger partial charge in [-0.25, -0.2) is 0 Å². The van der Waals surface area contributed by atoms with E-state index < -0.39 is 0 Å². The lowest BCUT2D eigenvalue weighted by Crippen LogP contribution is -2.41. The third-order valence-corrected chi connectivity index (χ3v) is 1.32. The van der Waals surface area contributed by atoms with Crippen molar-refractivity contribution in [3.05, 3.63) is 0 Å². The fourth-order valence-electron chi connectivity index (χ4n) is 0.797. The number of nitrogens with two attached hydrogens (primary N) is 1. The highest BCUT2D eigenvalue weighted by atomic mass is 15.6. The van der Waals surface area contributed by atoms with Gasteiger partial charge in [0.05, 0.1) is 0 Å². The van der Waals surface area contributed by atoms with E-state index in [1.807, 2.05) is 0 Å². The second-order valence-corrected chi connectivity index (χ2v) is 2.05. The summed E-state index contributed by atoms with van der Waals surface area (Å²) in [7, 11) is 0. The number of aliphatic imine (C=N–C) groups is 1. The highest BCUT2D eigenvalue weighted by molar-refractivity contribution is 5.54. The zero-order chi connectivity index (χ0) is 6.53. The minimum atomic E-state index is 0.929. The van der Waals surface area contributed by atoms with Crippen LogP contribution in [0, 0.1) is 0 Å². The van der Waals surface area contributed by atoms with Crippen molar-refractivity contribution in [1.29, 1.82) is 0 Å². The highest BCUT2D eigenvalue weighted by Crippen LogP contribution is 1.94. The fraction of sp³-hybridized carbons (Fsp3) is 0.800.